The Kier molecular flexibility index (Phi) is 5.29. The maximum atomic E-state index is 12.4. The Bertz CT molecular complexity index is 742. The highest BCUT2D eigenvalue weighted by Crippen LogP contribution is 2.27. The zero-order valence-electron chi connectivity index (χ0n) is 13.1. The molecule has 3 nitrogen and oxygen atoms in total. The van der Waals surface area contributed by atoms with Crippen molar-refractivity contribution in [1.82, 2.24) is 0 Å². The van der Waals surface area contributed by atoms with Crippen molar-refractivity contribution in [2.24, 2.45) is 4.99 Å². The Morgan fingerprint density at radius 2 is 1.62 bits per heavy atom. The van der Waals surface area contributed by atoms with Crippen molar-refractivity contribution in [3.05, 3.63) is 83.6 Å². The van der Waals surface area contributed by atoms with Crippen molar-refractivity contribution in [2.45, 2.75) is 18.9 Å². The van der Waals surface area contributed by atoms with Crippen LogP contribution in [-0.4, -0.2) is 17.0 Å². The summed E-state index contributed by atoms with van der Waals surface area (Å²) in [5.41, 5.74) is 2.53. The monoisotopic (exact) mass is 335 g/mol. The molecule has 2 aromatic carbocycles. The average Bonchev–Trinajstić information content (AvgIpc) is 2.61. The molecule has 0 saturated heterocycles. The molecule has 0 spiro atoms. The van der Waals surface area contributed by atoms with Crippen molar-refractivity contribution in [2.75, 3.05) is 0 Å². The molecule has 0 N–H and O–H groups in total. The summed E-state index contributed by atoms with van der Waals surface area (Å²) in [6, 6.07) is 19.5. The van der Waals surface area contributed by atoms with Gasteiger partial charge in [-0.05, 0) is 17.2 Å². The maximum absolute atomic E-state index is 12.4. The van der Waals surface area contributed by atoms with Crippen LogP contribution < -0.4 is 0 Å². The van der Waals surface area contributed by atoms with E-state index in [4.69, 9.17) is 17.0 Å². The van der Waals surface area contributed by atoms with Gasteiger partial charge in [-0.25, -0.2) is 0 Å². The van der Waals surface area contributed by atoms with Gasteiger partial charge in [0.2, 0.25) is 0 Å². The Balaban J connectivity index is 1.78. The van der Waals surface area contributed by atoms with Crippen LogP contribution in [0.3, 0.4) is 0 Å². The summed E-state index contributed by atoms with van der Waals surface area (Å²) in [6.45, 7) is 0. The first kappa shape index (κ1) is 16.3. The SMILES string of the molecule is O=C(CC1=CC(=S)CC=N1)OC(c1ccccc1)c1ccccc1. The summed E-state index contributed by atoms with van der Waals surface area (Å²) >= 11 is 5.16. The average molecular weight is 335 g/mol. The van der Waals surface area contributed by atoms with Crippen LogP contribution in [0.5, 0.6) is 0 Å². The van der Waals surface area contributed by atoms with Crippen LogP contribution in [0.1, 0.15) is 30.1 Å². The predicted molar refractivity (Wildman–Crippen MR) is 99.2 cm³/mol. The van der Waals surface area contributed by atoms with Crippen LogP contribution in [0.25, 0.3) is 0 Å². The topological polar surface area (TPSA) is 38.7 Å². The number of hydrogen-bond acceptors (Lipinski definition) is 4. The van der Waals surface area contributed by atoms with Gasteiger partial charge in [0.25, 0.3) is 0 Å². The van der Waals surface area contributed by atoms with Crippen LogP contribution in [-0.2, 0) is 9.53 Å². The van der Waals surface area contributed by atoms with Gasteiger partial charge >= 0.3 is 5.97 Å². The standard InChI is InChI=1S/C20H17NO2S/c22-19(14-17-13-18(24)11-12-21-17)23-20(15-7-3-1-4-8-15)16-9-5-2-6-10-16/h1-10,12-13,20H,11,14H2. The van der Waals surface area contributed by atoms with E-state index in [1.165, 1.54) is 0 Å². The fourth-order valence-corrected chi connectivity index (χ4v) is 2.75. The van der Waals surface area contributed by atoms with Crippen molar-refractivity contribution < 1.29 is 9.53 Å². The number of ether oxygens (including phenoxy) is 1. The minimum absolute atomic E-state index is 0.118. The van der Waals surface area contributed by atoms with E-state index < -0.39 is 6.10 Å². The van der Waals surface area contributed by atoms with Gasteiger partial charge in [-0.15, -0.1) is 0 Å². The number of allylic oxidation sites excluding steroid dienone is 1. The number of esters is 1. The number of aliphatic imine (C=N–C) groups is 1. The molecule has 1 aliphatic rings. The number of hydrogen-bond donors (Lipinski definition) is 0. The molecule has 0 radical (unpaired) electrons. The van der Waals surface area contributed by atoms with Crippen LogP contribution in [0.4, 0.5) is 0 Å². The summed E-state index contributed by atoms with van der Waals surface area (Å²) in [7, 11) is 0. The Hall–Kier alpha value is -2.59. The number of rotatable bonds is 5. The predicted octanol–water partition coefficient (Wildman–Crippen LogP) is 4.44. The lowest BCUT2D eigenvalue weighted by atomic mass is 10.0. The number of thiocarbonyl (C=S) groups is 1. The van der Waals surface area contributed by atoms with Crippen molar-refractivity contribution >= 4 is 29.3 Å². The molecule has 2 aromatic rings. The fourth-order valence-electron chi connectivity index (χ4n) is 2.54. The van der Waals surface area contributed by atoms with Crippen molar-refractivity contribution in [3.8, 4) is 0 Å². The molecule has 0 unspecified atom stereocenters. The van der Waals surface area contributed by atoms with Crippen LogP contribution >= 0.6 is 12.2 Å². The highest BCUT2D eigenvalue weighted by molar-refractivity contribution is 7.80. The third-order valence-corrected chi connectivity index (χ3v) is 3.94. The van der Waals surface area contributed by atoms with E-state index in [1.807, 2.05) is 60.7 Å². The number of benzene rings is 2. The summed E-state index contributed by atoms with van der Waals surface area (Å²) in [5.74, 6) is -0.319. The van der Waals surface area contributed by atoms with Gasteiger partial charge in [-0.3, -0.25) is 9.79 Å². The van der Waals surface area contributed by atoms with Crippen molar-refractivity contribution in [1.29, 1.82) is 0 Å². The van der Waals surface area contributed by atoms with E-state index >= 15 is 0 Å². The molecular weight excluding hydrogens is 318 g/mol. The van der Waals surface area contributed by atoms with Crippen molar-refractivity contribution in [3.63, 3.8) is 0 Å². The first-order valence-electron chi connectivity index (χ1n) is 7.77. The molecule has 0 fully saturated rings. The molecule has 0 atom stereocenters. The molecule has 3 rings (SSSR count). The minimum atomic E-state index is -0.431. The first-order chi connectivity index (χ1) is 11.7. The van der Waals surface area contributed by atoms with E-state index in [9.17, 15) is 4.79 Å². The normalized spacial score (nSPS) is 13.7. The van der Waals surface area contributed by atoms with Crippen LogP contribution in [0.15, 0.2) is 77.4 Å². The van der Waals surface area contributed by atoms with Gasteiger partial charge in [0.05, 0.1) is 12.1 Å². The lowest BCUT2D eigenvalue weighted by Crippen LogP contribution is -2.14. The molecule has 1 aliphatic heterocycles. The van der Waals surface area contributed by atoms with Gasteiger partial charge in [-0.2, -0.15) is 0 Å². The Labute approximate surface area is 146 Å². The highest BCUT2D eigenvalue weighted by Gasteiger charge is 2.20. The van der Waals surface area contributed by atoms with Gasteiger partial charge in [0, 0.05) is 17.5 Å². The summed E-state index contributed by atoms with van der Waals surface area (Å²) in [6.07, 6.45) is 3.85. The molecule has 0 bridgehead atoms. The summed E-state index contributed by atoms with van der Waals surface area (Å²) in [4.78, 5) is 17.4. The molecule has 4 heteroatoms. The quantitative estimate of drug-likeness (QED) is 0.599. The summed E-state index contributed by atoms with van der Waals surface area (Å²) in [5, 5.41) is 0. The second kappa shape index (κ2) is 7.79. The maximum Gasteiger partial charge on any atom is 0.312 e. The Morgan fingerprint density at radius 3 is 2.17 bits per heavy atom. The third kappa shape index (κ3) is 4.24. The Morgan fingerprint density at radius 1 is 1.04 bits per heavy atom. The minimum Gasteiger partial charge on any atom is -0.452 e. The lowest BCUT2D eigenvalue weighted by molar-refractivity contribution is -0.146. The highest BCUT2D eigenvalue weighted by atomic mass is 32.1. The van der Waals surface area contributed by atoms with E-state index in [-0.39, 0.29) is 12.4 Å². The number of carbonyl (C=O) groups excluding carboxylic acids is 1. The van der Waals surface area contributed by atoms with Gasteiger partial charge < -0.3 is 4.74 Å². The largest absolute Gasteiger partial charge is 0.452 e. The van der Waals surface area contributed by atoms with Crippen LogP contribution in [0, 0.1) is 0 Å². The lowest BCUT2D eigenvalue weighted by Gasteiger charge is -2.19. The van der Waals surface area contributed by atoms with Gasteiger partial charge in [0.1, 0.15) is 0 Å². The molecule has 0 amide bonds. The second-order valence-electron chi connectivity index (χ2n) is 5.49. The molecular formula is C20H17NO2S. The first-order valence-corrected chi connectivity index (χ1v) is 8.18. The van der Waals surface area contributed by atoms with E-state index in [0.29, 0.717) is 12.1 Å². The van der Waals surface area contributed by atoms with Gasteiger partial charge in [0.15, 0.2) is 6.10 Å². The zero-order chi connectivity index (χ0) is 16.8. The molecule has 0 aromatic heterocycles. The van der Waals surface area contributed by atoms with E-state index in [2.05, 4.69) is 4.99 Å². The number of nitrogens with zero attached hydrogens (tertiary/aromatic N) is 1. The molecule has 0 saturated carbocycles. The third-order valence-electron chi connectivity index (χ3n) is 3.66. The molecule has 24 heavy (non-hydrogen) atoms. The van der Waals surface area contributed by atoms with Crippen LogP contribution in [0.2, 0.25) is 0 Å². The smallest absolute Gasteiger partial charge is 0.312 e. The molecule has 1 heterocycles. The van der Waals surface area contributed by atoms with Gasteiger partial charge in [-0.1, -0.05) is 72.9 Å². The number of carbonyl (C=O) groups is 1. The summed E-state index contributed by atoms with van der Waals surface area (Å²) < 4.78 is 5.76. The molecule has 120 valence electrons. The zero-order valence-corrected chi connectivity index (χ0v) is 13.9. The van der Waals surface area contributed by atoms with E-state index in [1.54, 1.807) is 12.3 Å². The van der Waals surface area contributed by atoms with E-state index in [0.717, 1.165) is 16.0 Å². The fraction of sp³-hybridized carbons (Fsp3) is 0.150. The molecule has 0 aliphatic carbocycles. The second-order valence-corrected chi connectivity index (χ2v) is 6.01.